The van der Waals surface area contributed by atoms with E-state index in [2.05, 4.69) is 5.10 Å². The van der Waals surface area contributed by atoms with E-state index in [1.165, 1.54) is 16.9 Å². The highest BCUT2D eigenvalue weighted by molar-refractivity contribution is 5.95. The molecule has 3 aromatic rings. The van der Waals surface area contributed by atoms with Gasteiger partial charge in [0.2, 0.25) is 0 Å². The number of amides is 1. The van der Waals surface area contributed by atoms with Gasteiger partial charge in [-0.2, -0.15) is 18.3 Å². The van der Waals surface area contributed by atoms with E-state index in [1.807, 2.05) is 29.2 Å². The van der Waals surface area contributed by atoms with Crippen molar-refractivity contribution in [3.63, 3.8) is 0 Å². The van der Waals surface area contributed by atoms with Crippen LogP contribution in [0.15, 0.2) is 54.7 Å². The van der Waals surface area contributed by atoms with Crippen molar-refractivity contribution in [1.82, 2.24) is 14.7 Å². The molecular weight excluding hydrogens is 407 g/mol. The lowest BCUT2D eigenvalue weighted by Crippen LogP contribution is -2.30. The van der Waals surface area contributed by atoms with Gasteiger partial charge in [0.15, 0.2) is 0 Å². The number of methoxy groups -OCH3 is 1. The Kier molecular flexibility index (Phi) is 5.47. The van der Waals surface area contributed by atoms with Crippen molar-refractivity contribution < 1.29 is 22.7 Å². The van der Waals surface area contributed by atoms with E-state index < -0.39 is 11.7 Å². The predicted octanol–water partition coefficient (Wildman–Crippen LogP) is 5.19. The first-order chi connectivity index (χ1) is 14.8. The number of aromatic nitrogens is 2. The fourth-order valence-corrected chi connectivity index (χ4v) is 4.03. The molecule has 5 nitrogen and oxygen atoms in total. The van der Waals surface area contributed by atoms with E-state index >= 15 is 0 Å². The maximum atomic E-state index is 13.3. The van der Waals surface area contributed by atoms with Gasteiger partial charge >= 0.3 is 6.18 Å². The van der Waals surface area contributed by atoms with Crippen LogP contribution in [-0.2, 0) is 6.18 Å². The number of likely N-dealkylation sites (tertiary alicyclic amines) is 1. The summed E-state index contributed by atoms with van der Waals surface area (Å²) < 4.78 is 45.8. The standard InChI is InChI=1S/C23H22F3N3O2/c1-15-20(14-27-29(15)18-6-3-5-17(13-18)23(24,25)26)22(30)28-12-4-7-21(28)16-8-10-19(31-2)11-9-16/h3,5-6,8-11,13-14,21H,4,7,12H2,1-2H3. The highest BCUT2D eigenvalue weighted by Gasteiger charge is 2.33. The summed E-state index contributed by atoms with van der Waals surface area (Å²) in [4.78, 5) is 15.1. The number of rotatable bonds is 4. The first-order valence-electron chi connectivity index (χ1n) is 9.97. The topological polar surface area (TPSA) is 47.4 Å². The number of benzene rings is 2. The Labute approximate surface area is 178 Å². The van der Waals surface area contributed by atoms with E-state index in [0.717, 1.165) is 36.3 Å². The molecule has 4 rings (SSSR count). The van der Waals surface area contributed by atoms with E-state index in [4.69, 9.17) is 4.74 Å². The zero-order chi connectivity index (χ0) is 22.2. The van der Waals surface area contributed by atoms with Crippen LogP contribution in [0.1, 0.15) is 46.1 Å². The van der Waals surface area contributed by atoms with Crippen LogP contribution < -0.4 is 4.74 Å². The Morgan fingerprint density at radius 3 is 2.58 bits per heavy atom. The molecule has 1 unspecified atom stereocenters. The molecule has 162 valence electrons. The van der Waals surface area contributed by atoms with E-state index in [9.17, 15) is 18.0 Å². The number of alkyl halides is 3. The summed E-state index contributed by atoms with van der Waals surface area (Å²) in [5.74, 6) is 0.576. The van der Waals surface area contributed by atoms with Crippen molar-refractivity contribution in [2.75, 3.05) is 13.7 Å². The zero-order valence-electron chi connectivity index (χ0n) is 17.2. The van der Waals surface area contributed by atoms with Crippen molar-refractivity contribution >= 4 is 5.91 Å². The second-order valence-corrected chi connectivity index (χ2v) is 7.53. The van der Waals surface area contributed by atoms with Crippen LogP contribution in [0, 0.1) is 6.92 Å². The Hall–Kier alpha value is -3.29. The third-order valence-corrected chi connectivity index (χ3v) is 5.67. The van der Waals surface area contributed by atoms with Gasteiger partial charge in [-0.3, -0.25) is 4.79 Å². The summed E-state index contributed by atoms with van der Waals surface area (Å²) in [6.45, 7) is 2.31. The summed E-state index contributed by atoms with van der Waals surface area (Å²) in [7, 11) is 1.60. The van der Waals surface area contributed by atoms with Gasteiger partial charge in [-0.25, -0.2) is 4.68 Å². The smallest absolute Gasteiger partial charge is 0.416 e. The molecule has 1 amide bonds. The fraction of sp³-hybridized carbons (Fsp3) is 0.304. The van der Waals surface area contributed by atoms with Crippen LogP contribution in [0.5, 0.6) is 5.75 Å². The van der Waals surface area contributed by atoms with Gasteiger partial charge < -0.3 is 9.64 Å². The minimum atomic E-state index is -4.45. The van der Waals surface area contributed by atoms with Crippen molar-refractivity contribution in [3.05, 3.63) is 77.1 Å². The second kappa shape index (κ2) is 8.09. The summed E-state index contributed by atoms with van der Waals surface area (Å²) in [6, 6.07) is 12.5. The minimum Gasteiger partial charge on any atom is -0.497 e. The lowest BCUT2D eigenvalue weighted by atomic mass is 10.0. The molecule has 0 saturated carbocycles. The average molecular weight is 429 g/mol. The third-order valence-electron chi connectivity index (χ3n) is 5.67. The highest BCUT2D eigenvalue weighted by Crippen LogP contribution is 2.35. The molecule has 8 heteroatoms. The highest BCUT2D eigenvalue weighted by atomic mass is 19.4. The molecule has 1 aliphatic rings. The molecule has 1 fully saturated rings. The molecule has 2 aromatic carbocycles. The lowest BCUT2D eigenvalue weighted by molar-refractivity contribution is -0.137. The van der Waals surface area contributed by atoms with Crippen LogP contribution in [0.3, 0.4) is 0 Å². The molecule has 0 spiro atoms. The van der Waals surface area contributed by atoms with E-state index in [1.54, 1.807) is 20.1 Å². The van der Waals surface area contributed by atoms with E-state index in [-0.39, 0.29) is 17.6 Å². The Balaban J connectivity index is 1.62. The minimum absolute atomic E-state index is 0.0605. The van der Waals surface area contributed by atoms with Crippen molar-refractivity contribution in [1.29, 1.82) is 0 Å². The van der Waals surface area contributed by atoms with Crippen LogP contribution in [-0.4, -0.2) is 34.2 Å². The number of hydrogen-bond donors (Lipinski definition) is 0. The quantitative estimate of drug-likeness (QED) is 0.574. The number of carbonyl (C=O) groups is 1. The molecule has 31 heavy (non-hydrogen) atoms. The number of ether oxygens (including phenoxy) is 1. The molecular formula is C23H22F3N3O2. The Morgan fingerprint density at radius 2 is 1.90 bits per heavy atom. The van der Waals surface area contributed by atoms with Gasteiger partial charge in [0.05, 0.1) is 41.9 Å². The third kappa shape index (κ3) is 4.02. The van der Waals surface area contributed by atoms with Gasteiger partial charge in [-0.15, -0.1) is 0 Å². The summed E-state index contributed by atoms with van der Waals surface area (Å²) in [6.07, 6.45) is -1.29. The van der Waals surface area contributed by atoms with E-state index in [0.29, 0.717) is 17.8 Å². The first-order valence-corrected chi connectivity index (χ1v) is 9.97. The molecule has 0 aliphatic carbocycles. The van der Waals surface area contributed by atoms with Crippen molar-refractivity contribution in [2.24, 2.45) is 0 Å². The zero-order valence-corrected chi connectivity index (χ0v) is 17.2. The Morgan fingerprint density at radius 1 is 1.16 bits per heavy atom. The number of carbonyl (C=O) groups excluding carboxylic acids is 1. The molecule has 1 saturated heterocycles. The molecule has 1 atom stereocenters. The normalized spacial score (nSPS) is 16.5. The van der Waals surface area contributed by atoms with Crippen LogP contribution >= 0.6 is 0 Å². The lowest BCUT2D eigenvalue weighted by Gasteiger charge is -2.25. The largest absolute Gasteiger partial charge is 0.497 e. The van der Waals surface area contributed by atoms with Crippen molar-refractivity contribution in [2.45, 2.75) is 32.0 Å². The molecule has 0 radical (unpaired) electrons. The van der Waals surface area contributed by atoms with Crippen LogP contribution in [0.25, 0.3) is 5.69 Å². The predicted molar refractivity (Wildman–Crippen MR) is 109 cm³/mol. The van der Waals surface area contributed by atoms with Crippen LogP contribution in [0.2, 0.25) is 0 Å². The van der Waals surface area contributed by atoms with Gasteiger partial charge in [0.1, 0.15) is 5.75 Å². The Bertz CT molecular complexity index is 1090. The maximum Gasteiger partial charge on any atom is 0.416 e. The van der Waals surface area contributed by atoms with Crippen LogP contribution in [0.4, 0.5) is 13.2 Å². The molecule has 0 bridgehead atoms. The number of nitrogens with zero attached hydrogens (tertiary/aromatic N) is 3. The summed E-state index contributed by atoms with van der Waals surface area (Å²) >= 11 is 0. The summed E-state index contributed by atoms with van der Waals surface area (Å²) in [5, 5.41) is 4.21. The van der Waals surface area contributed by atoms with Gasteiger partial charge in [0, 0.05) is 6.54 Å². The molecule has 0 N–H and O–H groups in total. The van der Waals surface area contributed by atoms with Gasteiger partial charge in [-0.1, -0.05) is 18.2 Å². The average Bonchev–Trinajstić information content (AvgIpc) is 3.40. The van der Waals surface area contributed by atoms with Crippen molar-refractivity contribution in [3.8, 4) is 11.4 Å². The maximum absolute atomic E-state index is 13.3. The molecule has 1 aromatic heterocycles. The SMILES string of the molecule is COc1ccc(C2CCCN2C(=O)c2cnn(-c3cccc(C(F)(F)F)c3)c2C)cc1. The monoisotopic (exact) mass is 429 g/mol. The molecule has 1 aliphatic heterocycles. The van der Waals surface area contributed by atoms with Gasteiger partial charge in [0.25, 0.3) is 5.91 Å². The fourth-order valence-electron chi connectivity index (χ4n) is 4.03. The molecule has 2 heterocycles. The first kappa shape index (κ1) is 21.0. The number of hydrogen-bond acceptors (Lipinski definition) is 3. The number of halogens is 3. The summed E-state index contributed by atoms with van der Waals surface area (Å²) in [5.41, 5.74) is 1.42. The van der Waals surface area contributed by atoms with Gasteiger partial charge in [-0.05, 0) is 55.7 Å². The second-order valence-electron chi connectivity index (χ2n) is 7.53.